The Morgan fingerprint density at radius 1 is 1.22 bits per heavy atom. The second-order valence-electron chi connectivity index (χ2n) is 3.47. The monoisotopic (exact) mass is 284 g/mol. The number of rotatable bonds is 5. The fourth-order valence-corrected chi connectivity index (χ4v) is 1.56. The van der Waals surface area contributed by atoms with Crippen molar-refractivity contribution in [3.8, 4) is 0 Å². The van der Waals surface area contributed by atoms with Gasteiger partial charge in [-0.3, -0.25) is 0 Å². The maximum Gasteiger partial charge on any atom is 0.441 e. The van der Waals surface area contributed by atoms with Crippen molar-refractivity contribution in [2.24, 2.45) is 0 Å². The van der Waals surface area contributed by atoms with Gasteiger partial charge in [0.05, 0.1) is 12.9 Å². The van der Waals surface area contributed by atoms with Gasteiger partial charge in [-0.15, -0.1) is 0 Å². The molecule has 0 saturated carbocycles. The number of ether oxygens (including phenoxy) is 1. The number of hydrogen-bond acceptors (Lipinski definition) is 4. The highest BCUT2D eigenvalue weighted by atomic mass is 32.2. The van der Waals surface area contributed by atoms with E-state index in [4.69, 9.17) is 0 Å². The summed E-state index contributed by atoms with van der Waals surface area (Å²) in [4.78, 5) is 0. The quantitative estimate of drug-likeness (QED) is 0.613. The van der Waals surface area contributed by atoms with E-state index in [1.54, 1.807) is 30.3 Å². The van der Waals surface area contributed by atoms with E-state index in [1.807, 2.05) is 0 Å². The van der Waals surface area contributed by atoms with Crippen molar-refractivity contribution in [2.45, 2.75) is 19.1 Å². The minimum absolute atomic E-state index is 0.402. The highest BCUT2D eigenvalue weighted by Crippen LogP contribution is 2.25. The van der Waals surface area contributed by atoms with Gasteiger partial charge in [0.25, 0.3) is 16.4 Å². The van der Waals surface area contributed by atoms with Gasteiger partial charge < -0.3 is 4.74 Å². The molecule has 0 saturated heterocycles. The predicted octanol–water partition coefficient (Wildman–Crippen LogP) is 2.07. The maximum atomic E-state index is 12.4. The third kappa shape index (κ3) is 5.48. The second kappa shape index (κ2) is 5.68. The summed E-state index contributed by atoms with van der Waals surface area (Å²) in [6, 6.07) is 8.04. The largest absolute Gasteiger partial charge is 0.441 e. The van der Waals surface area contributed by atoms with E-state index in [-0.39, 0.29) is 0 Å². The second-order valence-corrected chi connectivity index (χ2v) is 5.07. The molecule has 0 aliphatic carbocycles. The molecule has 0 spiro atoms. The van der Waals surface area contributed by atoms with Crippen LogP contribution >= 0.6 is 0 Å². The van der Waals surface area contributed by atoms with Gasteiger partial charge in [-0.25, -0.2) is 4.18 Å². The van der Waals surface area contributed by atoms with Crippen molar-refractivity contribution >= 4 is 10.1 Å². The highest BCUT2D eigenvalue weighted by molar-refractivity contribution is 7.86. The summed E-state index contributed by atoms with van der Waals surface area (Å²) in [5.41, 5.74) is 0.476. The first-order valence-corrected chi connectivity index (χ1v) is 6.60. The lowest BCUT2D eigenvalue weighted by Crippen LogP contribution is -2.35. The van der Waals surface area contributed by atoms with E-state index < -0.39 is 29.2 Å². The van der Waals surface area contributed by atoms with Crippen molar-refractivity contribution in [2.75, 3.05) is 6.26 Å². The Morgan fingerprint density at radius 3 is 2.22 bits per heavy atom. The zero-order valence-electron chi connectivity index (χ0n) is 9.35. The smallest absolute Gasteiger partial charge is 0.339 e. The van der Waals surface area contributed by atoms with Gasteiger partial charge in [0.15, 0.2) is 0 Å². The standard InChI is InChI=1S/C10H11F3O4S/c1-18(14,15)17-9(10(11,12)13)16-7-8-5-3-2-4-6-8/h2-6,9H,7H2,1H3/t9-/m1/s1. The third-order valence-electron chi connectivity index (χ3n) is 1.77. The van der Waals surface area contributed by atoms with Crippen LogP contribution in [0.3, 0.4) is 0 Å². The van der Waals surface area contributed by atoms with Gasteiger partial charge in [-0.2, -0.15) is 21.6 Å². The van der Waals surface area contributed by atoms with E-state index >= 15 is 0 Å². The Morgan fingerprint density at radius 2 is 1.78 bits per heavy atom. The molecule has 1 aromatic carbocycles. The van der Waals surface area contributed by atoms with E-state index in [0.717, 1.165) is 0 Å². The van der Waals surface area contributed by atoms with Crippen molar-refractivity contribution < 1.29 is 30.5 Å². The first-order chi connectivity index (χ1) is 8.18. The highest BCUT2D eigenvalue weighted by Gasteiger charge is 2.44. The summed E-state index contributed by atoms with van der Waals surface area (Å²) in [6.07, 6.45) is -7.19. The number of hydrogen-bond donors (Lipinski definition) is 0. The van der Waals surface area contributed by atoms with Crippen LogP contribution in [0.15, 0.2) is 30.3 Å². The lowest BCUT2D eigenvalue weighted by atomic mass is 10.2. The van der Waals surface area contributed by atoms with Crippen LogP contribution in [0.5, 0.6) is 0 Å². The normalized spacial score (nSPS) is 14.4. The molecule has 18 heavy (non-hydrogen) atoms. The zero-order chi connectivity index (χ0) is 13.8. The summed E-state index contributed by atoms with van der Waals surface area (Å²) in [7, 11) is -4.26. The molecule has 1 rings (SSSR count). The molecule has 0 fully saturated rings. The lowest BCUT2D eigenvalue weighted by molar-refractivity contribution is -0.284. The third-order valence-corrected chi connectivity index (χ3v) is 2.30. The topological polar surface area (TPSA) is 52.6 Å². The van der Waals surface area contributed by atoms with Crippen LogP contribution in [0.1, 0.15) is 5.56 Å². The molecule has 0 bridgehead atoms. The molecule has 0 aliphatic heterocycles. The molecule has 102 valence electrons. The first kappa shape index (κ1) is 14.9. The lowest BCUT2D eigenvalue weighted by Gasteiger charge is -2.19. The molecule has 0 aliphatic rings. The fraction of sp³-hybridized carbons (Fsp3) is 0.400. The Kier molecular flexibility index (Phi) is 4.71. The summed E-state index contributed by atoms with van der Waals surface area (Å²) in [5.74, 6) is 0. The molecule has 0 aromatic heterocycles. The van der Waals surface area contributed by atoms with Crippen LogP contribution in [-0.2, 0) is 25.6 Å². The fourth-order valence-electron chi connectivity index (χ4n) is 1.08. The molecule has 1 atom stereocenters. The molecule has 0 N–H and O–H groups in total. The van der Waals surface area contributed by atoms with Gasteiger partial charge in [0.2, 0.25) is 0 Å². The maximum absolute atomic E-state index is 12.4. The average molecular weight is 284 g/mol. The van der Waals surface area contributed by atoms with Crippen molar-refractivity contribution in [1.82, 2.24) is 0 Å². The summed E-state index contributed by atoms with van der Waals surface area (Å²) in [6.45, 7) is -0.402. The molecule has 0 radical (unpaired) electrons. The first-order valence-electron chi connectivity index (χ1n) is 4.79. The van der Waals surface area contributed by atoms with Gasteiger partial charge >= 0.3 is 6.18 Å². The number of benzene rings is 1. The van der Waals surface area contributed by atoms with Crippen LogP contribution in [-0.4, -0.2) is 27.1 Å². The molecule has 4 nitrogen and oxygen atoms in total. The number of halogens is 3. The summed E-state index contributed by atoms with van der Waals surface area (Å²) in [5, 5.41) is 0. The molecular formula is C10H11F3O4S. The molecule has 0 unspecified atom stereocenters. The van der Waals surface area contributed by atoms with E-state index in [2.05, 4.69) is 8.92 Å². The SMILES string of the molecule is CS(=O)(=O)O[C@@H](OCc1ccccc1)C(F)(F)F. The van der Waals surface area contributed by atoms with Crippen LogP contribution in [0, 0.1) is 0 Å². The minimum atomic E-state index is -4.92. The average Bonchev–Trinajstić information content (AvgIpc) is 2.22. The van der Waals surface area contributed by atoms with Gasteiger partial charge in [-0.1, -0.05) is 30.3 Å². The minimum Gasteiger partial charge on any atom is -0.339 e. The predicted molar refractivity (Wildman–Crippen MR) is 57.0 cm³/mol. The van der Waals surface area contributed by atoms with Gasteiger partial charge in [0, 0.05) is 0 Å². The Balaban J connectivity index is 2.69. The molecule has 8 heteroatoms. The van der Waals surface area contributed by atoms with Crippen molar-refractivity contribution in [3.05, 3.63) is 35.9 Å². The van der Waals surface area contributed by atoms with Crippen LogP contribution < -0.4 is 0 Å². The zero-order valence-corrected chi connectivity index (χ0v) is 10.2. The van der Waals surface area contributed by atoms with Gasteiger partial charge in [0.1, 0.15) is 0 Å². The molecule has 0 amide bonds. The summed E-state index contributed by atoms with van der Waals surface area (Å²) < 4.78 is 67.0. The Bertz CT molecular complexity index is 470. The van der Waals surface area contributed by atoms with Crippen molar-refractivity contribution in [3.63, 3.8) is 0 Å². The van der Waals surface area contributed by atoms with E-state index in [0.29, 0.717) is 11.8 Å². The van der Waals surface area contributed by atoms with Crippen LogP contribution in [0.4, 0.5) is 13.2 Å². The van der Waals surface area contributed by atoms with Crippen molar-refractivity contribution in [1.29, 1.82) is 0 Å². The molecule has 0 heterocycles. The van der Waals surface area contributed by atoms with E-state index in [9.17, 15) is 21.6 Å². The van der Waals surface area contributed by atoms with E-state index in [1.165, 1.54) is 0 Å². The van der Waals surface area contributed by atoms with Gasteiger partial charge in [-0.05, 0) is 5.56 Å². The molecule has 1 aromatic rings. The van der Waals surface area contributed by atoms with Crippen LogP contribution in [0.25, 0.3) is 0 Å². The summed E-state index contributed by atoms with van der Waals surface area (Å²) >= 11 is 0. The Labute approximate surface area is 102 Å². The number of alkyl halides is 3. The Hall–Kier alpha value is -1.12. The molecular weight excluding hydrogens is 273 g/mol. The van der Waals surface area contributed by atoms with Crippen LogP contribution in [0.2, 0.25) is 0 Å².